The van der Waals surface area contributed by atoms with E-state index < -0.39 is 17.4 Å². The standard InChI is InChI=1S/C14H17NO5/c1-9-3-4-11(19-2)10(7-9)12(16)15-14(13(17)18)5-6-20-8-14/h3-4,7H,5-6,8H2,1-2H3,(H,15,16)(H,17,18). The van der Waals surface area contributed by atoms with Gasteiger partial charge in [-0.25, -0.2) is 4.79 Å². The molecule has 1 unspecified atom stereocenters. The van der Waals surface area contributed by atoms with Crippen molar-refractivity contribution in [1.29, 1.82) is 0 Å². The summed E-state index contributed by atoms with van der Waals surface area (Å²) in [5, 5.41) is 11.9. The van der Waals surface area contributed by atoms with Crippen molar-refractivity contribution in [3.63, 3.8) is 0 Å². The number of nitrogens with one attached hydrogen (secondary N) is 1. The molecule has 2 rings (SSSR count). The van der Waals surface area contributed by atoms with Gasteiger partial charge in [0, 0.05) is 13.0 Å². The van der Waals surface area contributed by atoms with Crippen molar-refractivity contribution in [3.8, 4) is 5.75 Å². The van der Waals surface area contributed by atoms with Crippen LogP contribution in [0.15, 0.2) is 18.2 Å². The second-order valence-corrected chi connectivity index (χ2v) is 4.85. The number of benzene rings is 1. The molecular weight excluding hydrogens is 262 g/mol. The summed E-state index contributed by atoms with van der Waals surface area (Å²) in [6.07, 6.45) is 0.252. The molecule has 1 heterocycles. The number of carbonyl (C=O) groups is 2. The first-order valence-corrected chi connectivity index (χ1v) is 6.27. The number of carboxylic acids is 1. The zero-order chi connectivity index (χ0) is 14.8. The van der Waals surface area contributed by atoms with E-state index >= 15 is 0 Å². The van der Waals surface area contributed by atoms with E-state index in [1.165, 1.54) is 7.11 Å². The van der Waals surface area contributed by atoms with Crippen molar-refractivity contribution in [3.05, 3.63) is 29.3 Å². The predicted octanol–water partition coefficient (Wildman–Crippen LogP) is 0.977. The van der Waals surface area contributed by atoms with Crippen LogP contribution in [0, 0.1) is 6.92 Å². The summed E-state index contributed by atoms with van der Waals surface area (Å²) in [5.74, 6) is -1.15. The highest BCUT2D eigenvalue weighted by Gasteiger charge is 2.44. The molecule has 1 aliphatic rings. The van der Waals surface area contributed by atoms with Crippen molar-refractivity contribution in [2.24, 2.45) is 0 Å². The third-order valence-corrected chi connectivity index (χ3v) is 3.38. The fourth-order valence-corrected chi connectivity index (χ4v) is 2.17. The third-order valence-electron chi connectivity index (χ3n) is 3.38. The Balaban J connectivity index is 2.28. The molecule has 20 heavy (non-hydrogen) atoms. The van der Waals surface area contributed by atoms with Crippen LogP contribution in [0.1, 0.15) is 22.3 Å². The van der Waals surface area contributed by atoms with Crippen LogP contribution in [-0.2, 0) is 9.53 Å². The molecule has 1 aromatic carbocycles. The summed E-state index contributed by atoms with van der Waals surface area (Å²) in [6, 6.07) is 5.17. The normalized spacial score (nSPS) is 21.5. The lowest BCUT2D eigenvalue weighted by molar-refractivity contribution is -0.144. The average Bonchev–Trinajstić information content (AvgIpc) is 2.88. The summed E-state index contributed by atoms with van der Waals surface area (Å²) in [7, 11) is 1.47. The molecule has 1 fully saturated rings. The number of aryl methyl sites for hydroxylation is 1. The van der Waals surface area contributed by atoms with Crippen LogP contribution in [0.2, 0.25) is 0 Å². The Morgan fingerprint density at radius 3 is 2.75 bits per heavy atom. The van der Waals surface area contributed by atoms with Crippen LogP contribution >= 0.6 is 0 Å². The summed E-state index contributed by atoms with van der Waals surface area (Å²) in [5.41, 5.74) is -0.144. The molecule has 1 aliphatic heterocycles. The Morgan fingerprint density at radius 2 is 2.20 bits per heavy atom. The van der Waals surface area contributed by atoms with Gasteiger partial charge in [-0.3, -0.25) is 4.79 Å². The zero-order valence-corrected chi connectivity index (χ0v) is 11.4. The van der Waals surface area contributed by atoms with Crippen LogP contribution in [-0.4, -0.2) is 42.8 Å². The maximum absolute atomic E-state index is 12.3. The van der Waals surface area contributed by atoms with Gasteiger partial charge >= 0.3 is 5.97 Å². The van der Waals surface area contributed by atoms with E-state index in [4.69, 9.17) is 9.47 Å². The minimum Gasteiger partial charge on any atom is -0.496 e. The van der Waals surface area contributed by atoms with Gasteiger partial charge < -0.3 is 19.9 Å². The van der Waals surface area contributed by atoms with Crippen molar-refractivity contribution >= 4 is 11.9 Å². The fourth-order valence-electron chi connectivity index (χ4n) is 2.17. The number of carbonyl (C=O) groups excluding carboxylic acids is 1. The molecule has 1 atom stereocenters. The largest absolute Gasteiger partial charge is 0.496 e. The van der Waals surface area contributed by atoms with E-state index in [9.17, 15) is 14.7 Å². The lowest BCUT2D eigenvalue weighted by Gasteiger charge is -2.24. The molecule has 0 saturated carbocycles. The average molecular weight is 279 g/mol. The highest BCUT2D eigenvalue weighted by Crippen LogP contribution is 2.23. The number of hydrogen-bond donors (Lipinski definition) is 2. The molecule has 1 amide bonds. The molecule has 0 bridgehead atoms. The van der Waals surface area contributed by atoms with Gasteiger partial charge in [-0.2, -0.15) is 0 Å². The van der Waals surface area contributed by atoms with Gasteiger partial charge in [-0.1, -0.05) is 11.6 Å². The van der Waals surface area contributed by atoms with Crippen molar-refractivity contribution in [2.45, 2.75) is 18.9 Å². The SMILES string of the molecule is COc1ccc(C)cc1C(=O)NC1(C(=O)O)CCOC1. The summed E-state index contributed by atoms with van der Waals surface area (Å²) < 4.78 is 10.3. The lowest BCUT2D eigenvalue weighted by Crippen LogP contribution is -2.55. The fraction of sp³-hybridized carbons (Fsp3) is 0.429. The lowest BCUT2D eigenvalue weighted by atomic mass is 9.98. The van der Waals surface area contributed by atoms with E-state index in [-0.39, 0.29) is 13.0 Å². The molecule has 0 aliphatic carbocycles. The van der Waals surface area contributed by atoms with Crippen LogP contribution in [0.3, 0.4) is 0 Å². The van der Waals surface area contributed by atoms with Gasteiger partial charge in [0.25, 0.3) is 5.91 Å². The number of hydrogen-bond acceptors (Lipinski definition) is 4. The molecule has 0 radical (unpaired) electrons. The number of ether oxygens (including phenoxy) is 2. The maximum atomic E-state index is 12.3. The van der Waals surface area contributed by atoms with E-state index in [0.29, 0.717) is 17.9 Å². The summed E-state index contributed by atoms with van der Waals surface area (Å²) in [6.45, 7) is 2.14. The first-order chi connectivity index (χ1) is 9.48. The van der Waals surface area contributed by atoms with E-state index in [2.05, 4.69) is 5.32 Å². The van der Waals surface area contributed by atoms with Crippen molar-refractivity contribution in [2.75, 3.05) is 20.3 Å². The minimum absolute atomic E-state index is 0.0256. The van der Waals surface area contributed by atoms with Gasteiger partial charge in [0.15, 0.2) is 5.54 Å². The Bertz CT molecular complexity index is 534. The number of methoxy groups -OCH3 is 1. The van der Waals surface area contributed by atoms with Crippen molar-refractivity contribution in [1.82, 2.24) is 5.32 Å². The first kappa shape index (κ1) is 14.3. The monoisotopic (exact) mass is 279 g/mol. The maximum Gasteiger partial charge on any atom is 0.331 e. The van der Waals surface area contributed by atoms with Gasteiger partial charge in [-0.05, 0) is 19.1 Å². The van der Waals surface area contributed by atoms with Gasteiger partial charge in [0.1, 0.15) is 5.75 Å². The second kappa shape index (κ2) is 5.50. The van der Waals surface area contributed by atoms with Gasteiger partial charge in [-0.15, -0.1) is 0 Å². The molecule has 1 aromatic rings. The molecule has 2 N–H and O–H groups in total. The highest BCUT2D eigenvalue weighted by atomic mass is 16.5. The molecule has 0 spiro atoms. The zero-order valence-electron chi connectivity index (χ0n) is 11.4. The topological polar surface area (TPSA) is 84.9 Å². The van der Waals surface area contributed by atoms with E-state index in [0.717, 1.165) is 5.56 Å². The Morgan fingerprint density at radius 1 is 1.45 bits per heavy atom. The number of aliphatic carboxylic acids is 1. The predicted molar refractivity (Wildman–Crippen MR) is 71.0 cm³/mol. The number of rotatable bonds is 4. The van der Waals surface area contributed by atoms with Gasteiger partial charge in [0.05, 0.1) is 19.3 Å². The number of carboxylic acid groups (broad SMARTS) is 1. The van der Waals surface area contributed by atoms with Crippen LogP contribution in [0.25, 0.3) is 0 Å². The second-order valence-electron chi connectivity index (χ2n) is 4.85. The van der Waals surface area contributed by atoms with Crippen LogP contribution < -0.4 is 10.1 Å². The highest BCUT2D eigenvalue weighted by molar-refractivity contribution is 6.00. The molecule has 1 saturated heterocycles. The van der Waals surface area contributed by atoms with Gasteiger partial charge in [0.2, 0.25) is 0 Å². The molecule has 6 nitrogen and oxygen atoms in total. The molecule has 6 heteroatoms. The summed E-state index contributed by atoms with van der Waals surface area (Å²) >= 11 is 0. The van der Waals surface area contributed by atoms with E-state index in [1.54, 1.807) is 12.1 Å². The quantitative estimate of drug-likeness (QED) is 0.858. The van der Waals surface area contributed by atoms with Crippen LogP contribution in [0.4, 0.5) is 0 Å². The van der Waals surface area contributed by atoms with Crippen molar-refractivity contribution < 1.29 is 24.2 Å². The Kier molecular flexibility index (Phi) is 3.94. The van der Waals surface area contributed by atoms with Crippen LogP contribution in [0.5, 0.6) is 5.75 Å². The third kappa shape index (κ3) is 2.60. The number of amides is 1. The smallest absolute Gasteiger partial charge is 0.331 e. The summed E-state index contributed by atoms with van der Waals surface area (Å²) in [4.78, 5) is 23.7. The molecule has 108 valence electrons. The minimum atomic E-state index is -1.36. The molecular formula is C14H17NO5. The Hall–Kier alpha value is -2.08. The van der Waals surface area contributed by atoms with E-state index in [1.807, 2.05) is 13.0 Å². The first-order valence-electron chi connectivity index (χ1n) is 6.27. The molecule has 0 aromatic heterocycles. The Labute approximate surface area is 116 Å².